The summed E-state index contributed by atoms with van der Waals surface area (Å²) in [6.45, 7) is 4.00. The number of nitrogen functional groups attached to an aromatic ring is 1. The molecule has 0 amide bonds. The molecule has 0 unspecified atom stereocenters. The molecule has 0 saturated carbocycles. The normalized spacial score (nSPS) is 10.4. The molecule has 1 heterocycles. The van der Waals surface area contributed by atoms with Gasteiger partial charge in [0.2, 0.25) is 0 Å². The number of pyridine rings is 1. The molecular weight excluding hydrogens is 217 g/mol. The van der Waals surface area contributed by atoms with E-state index in [1.54, 1.807) is 0 Å². The van der Waals surface area contributed by atoms with Crippen LogP contribution in [0.4, 0.5) is 18.9 Å². The minimum Gasteiger partial charge on any atom is -0.397 e. The second-order valence-corrected chi connectivity index (χ2v) is 2.53. The predicted octanol–water partition coefficient (Wildman–Crippen LogP) is 3.36. The second-order valence-electron chi connectivity index (χ2n) is 2.09. The molecule has 1 rings (SSSR count). The van der Waals surface area contributed by atoms with E-state index in [1.807, 2.05) is 13.8 Å². The first-order valence-electron chi connectivity index (χ1n) is 3.89. The first-order chi connectivity index (χ1) is 6.41. The summed E-state index contributed by atoms with van der Waals surface area (Å²) >= 11 is 5.36. The van der Waals surface area contributed by atoms with Crippen molar-refractivity contribution in [3.8, 4) is 0 Å². The maximum absolute atomic E-state index is 12.0. The van der Waals surface area contributed by atoms with E-state index >= 15 is 0 Å². The van der Waals surface area contributed by atoms with Crippen molar-refractivity contribution < 1.29 is 13.2 Å². The lowest BCUT2D eigenvalue weighted by atomic mass is 10.3. The maximum atomic E-state index is 12.0. The van der Waals surface area contributed by atoms with Crippen LogP contribution in [0.2, 0.25) is 5.02 Å². The summed E-state index contributed by atoms with van der Waals surface area (Å²) in [5, 5.41) is 0.0838. The highest BCUT2D eigenvalue weighted by Crippen LogP contribution is 2.32. The Bertz CT molecular complexity index is 299. The number of rotatable bonds is 0. The van der Waals surface area contributed by atoms with E-state index in [9.17, 15) is 13.2 Å². The van der Waals surface area contributed by atoms with Gasteiger partial charge < -0.3 is 5.73 Å². The topological polar surface area (TPSA) is 38.9 Å². The first kappa shape index (κ1) is 13.0. The lowest BCUT2D eigenvalue weighted by Gasteiger charge is -2.07. The molecule has 0 atom stereocenters. The summed E-state index contributed by atoms with van der Waals surface area (Å²) in [5.41, 5.74) is 3.47. The molecular formula is C8H10ClF3N2. The van der Waals surface area contributed by atoms with Crippen LogP contribution in [0.15, 0.2) is 12.3 Å². The molecule has 0 aliphatic carbocycles. The third-order valence-corrected chi connectivity index (χ3v) is 1.36. The van der Waals surface area contributed by atoms with Gasteiger partial charge in [-0.3, -0.25) is 0 Å². The van der Waals surface area contributed by atoms with Gasteiger partial charge in [0, 0.05) is 6.20 Å². The third kappa shape index (κ3) is 3.41. The van der Waals surface area contributed by atoms with Gasteiger partial charge in [0.05, 0.1) is 10.7 Å². The van der Waals surface area contributed by atoms with E-state index in [-0.39, 0.29) is 5.02 Å². The van der Waals surface area contributed by atoms with E-state index in [1.165, 1.54) is 0 Å². The lowest BCUT2D eigenvalue weighted by molar-refractivity contribution is -0.140. The summed E-state index contributed by atoms with van der Waals surface area (Å²) in [4.78, 5) is 3.07. The highest BCUT2D eigenvalue weighted by Gasteiger charge is 2.34. The molecule has 80 valence electrons. The maximum Gasteiger partial charge on any atom is 0.435 e. The number of aromatic nitrogens is 1. The van der Waals surface area contributed by atoms with Crippen LogP contribution in [-0.2, 0) is 6.18 Å². The Labute approximate surface area is 84.9 Å². The van der Waals surface area contributed by atoms with Crippen LogP contribution in [0.3, 0.4) is 0 Å². The summed E-state index contributed by atoms with van der Waals surface area (Å²) in [6.07, 6.45) is -3.62. The van der Waals surface area contributed by atoms with Crippen LogP contribution >= 0.6 is 11.6 Å². The molecule has 2 N–H and O–H groups in total. The molecule has 1 aromatic rings. The fourth-order valence-electron chi connectivity index (χ4n) is 0.692. The molecule has 2 nitrogen and oxygen atoms in total. The van der Waals surface area contributed by atoms with E-state index in [4.69, 9.17) is 17.3 Å². The Kier molecular flexibility index (Phi) is 4.70. The van der Waals surface area contributed by atoms with Crippen LogP contribution in [-0.4, -0.2) is 4.98 Å². The zero-order chi connectivity index (χ0) is 11.4. The Morgan fingerprint density at radius 3 is 2.21 bits per heavy atom. The summed E-state index contributed by atoms with van der Waals surface area (Å²) in [7, 11) is 0. The molecule has 0 radical (unpaired) electrons. The number of hydrogen-bond donors (Lipinski definition) is 1. The van der Waals surface area contributed by atoms with Crippen LogP contribution in [0, 0.1) is 0 Å². The molecule has 0 fully saturated rings. The van der Waals surface area contributed by atoms with Crippen LogP contribution in [0.1, 0.15) is 19.5 Å². The highest BCUT2D eigenvalue weighted by atomic mass is 35.5. The average molecular weight is 227 g/mol. The Balaban J connectivity index is 0.000000791. The molecule has 0 bridgehead atoms. The van der Waals surface area contributed by atoms with Gasteiger partial charge in [-0.25, -0.2) is 4.98 Å². The SMILES string of the molecule is CC.Nc1cc(Cl)cnc1C(F)(F)F. The standard InChI is InChI=1S/C6H4ClF3N2.C2H6/c7-3-1-4(11)5(12-2-3)6(8,9)10;1-2/h1-2H,11H2;1-2H3. The number of anilines is 1. The van der Waals surface area contributed by atoms with Crippen molar-refractivity contribution in [1.29, 1.82) is 0 Å². The van der Waals surface area contributed by atoms with Crippen molar-refractivity contribution in [1.82, 2.24) is 4.98 Å². The first-order valence-corrected chi connectivity index (χ1v) is 4.27. The van der Waals surface area contributed by atoms with Crippen molar-refractivity contribution >= 4 is 17.3 Å². The van der Waals surface area contributed by atoms with Crippen LogP contribution < -0.4 is 5.73 Å². The zero-order valence-corrected chi connectivity index (χ0v) is 8.45. The number of nitrogens with zero attached hydrogens (tertiary/aromatic N) is 1. The molecule has 0 spiro atoms. The Morgan fingerprint density at radius 2 is 1.86 bits per heavy atom. The monoisotopic (exact) mass is 226 g/mol. The van der Waals surface area contributed by atoms with E-state index in [0.29, 0.717) is 0 Å². The van der Waals surface area contributed by atoms with Crippen molar-refractivity contribution in [3.05, 3.63) is 23.0 Å². The van der Waals surface area contributed by atoms with Crippen molar-refractivity contribution in [2.24, 2.45) is 0 Å². The Morgan fingerprint density at radius 1 is 1.36 bits per heavy atom. The van der Waals surface area contributed by atoms with Gasteiger partial charge >= 0.3 is 6.18 Å². The number of alkyl halides is 3. The van der Waals surface area contributed by atoms with E-state index in [2.05, 4.69) is 4.98 Å². The highest BCUT2D eigenvalue weighted by molar-refractivity contribution is 6.30. The van der Waals surface area contributed by atoms with Gasteiger partial charge in [-0.15, -0.1) is 0 Å². The second kappa shape index (κ2) is 5.05. The molecule has 6 heteroatoms. The third-order valence-electron chi connectivity index (χ3n) is 1.15. The van der Waals surface area contributed by atoms with E-state index in [0.717, 1.165) is 12.3 Å². The molecule has 0 aliphatic heterocycles. The fraction of sp³-hybridized carbons (Fsp3) is 0.375. The molecule has 1 aromatic heterocycles. The van der Waals surface area contributed by atoms with Gasteiger partial charge in [0.1, 0.15) is 0 Å². The molecule has 0 aliphatic rings. The van der Waals surface area contributed by atoms with Gasteiger partial charge in [0.15, 0.2) is 5.69 Å². The van der Waals surface area contributed by atoms with Crippen LogP contribution in [0.25, 0.3) is 0 Å². The number of nitrogens with two attached hydrogens (primary N) is 1. The Hall–Kier alpha value is -0.970. The van der Waals surface area contributed by atoms with Gasteiger partial charge in [-0.1, -0.05) is 25.4 Å². The smallest absolute Gasteiger partial charge is 0.397 e. The fourth-order valence-corrected chi connectivity index (χ4v) is 0.858. The summed E-state index contributed by atoms with van der Waals surface area (Å²) < 4.78 is 36.0. The lowest BCUT2D eigenvalue weighted by Crippen LogP contribution is -2.11. The summed E-state index contributed by atoms with van der Waals surface area (Å²) in [5.74, 6) is 0. The van der Waals surface area contributed by atoms with Crippen LogP contribution in [0.5, 0.6) is 0 Å². The molecule has 0 saturated heterocycles. The zero-order valence-electron chi connectivity index (χ0n) is 7.69. The van der Waals surface area contributed by atoms with Crippen molar-refractivity contribution in [2.75, 3.05) is 5.73 Å². The molecule has 14 heavy (non-hydrogen) atoms. The van der Waals surface area contributed by atoms with Gasteiger partial charge in [-0.05, 0) is 6.07 Å². The number of halogens is 4. The quantitative estimate of drug-likeness (QED) is 0.737. The van der Waals surface area contributed by atoms with E-state index < -0.39 is 17.6 Å². The number of hydrogen-bond acceptors (Lipinski definition) is 2. The average Bonchev–Trinajstić information content (AvgIpc) is 2.05. The van der Waals surface area contributed by atoms with Gasteiger partial charge in [0.25, 0.3) is 0 Å². The minimum absolute atomic E-state index is 0.0838. The molecule has 0 aromatic carbocycles. The van der Waals surface area contributed by atoms with Crippen molar-refractivity contribution in [2.45, 2.75) is 20.0 Å². The van der Waals surface area contributed by atoms with Gasteiger partial charge in [-0.2, -0.15) is 13.2 Å². The predicted molar refractivity (Wildman–Crippen MR) is 50.0 cm³/mol. The summed E-state index contributed by atoms with van der Waals surface area (Å²) in [6, 6.07) is 1.01. The van der Waals surface area contributed by atoms with Crippen molar-refractivity contribution in [3.63, 3.8) is 0 Å². The largest absolute Gasteiger partial charge is 0.435 e. The minimum atomic E-state index is -4.52.